The van der Waals surface area contributed by atoms with Crippen molar-refractivity contribution in [1.29, 1.82) is 0 Å². The lowest BCUT2D eigenvalue weighted by molar-refractivity contribution is -0.138. The Labute approximate surface area is 176 Å². The van der Waals surface area contributed by atoms with Crippen LogP contribution < -0.4 is 4.90 Å². The van der Waals surface area contributed by atoms with E-state index in [-0.39, 0.29) is 12.5 Å². The molecule has 2 unspecified atom stereocenters. The molecule has 5 nitrogen and oxygen atoms in total. The first-order valence-corrected chi connectivity index (χ1v) is 10.1. The zero-order valence-corrected chi connectivity index (χ0v) is 16.6. The van der Waals surface area contributed by atoms with Crippen molar-refractivity contribution >= 4 is 17.6 Å². The summed E-state index contributed by atoms with van der Waals surface area (Å²) in [5.74, 6) is -1.07. The highest BCUT2D eigenvalue weighted by atomic mass is 16.3. The van der Waals surface area contributed by atoms with Crippen molar-refractivity contribution in [3.63, 3.8) is 0 Å². The number of amides is 3. The highest BCUT2D eigenvalue weighted by molar-refractivity contribution is 6.07. The Morgan fingerprint density at radius 3 is 1.87 bits per heavy atom. The number of urea groups is 1. The highest BCUT2D eigenvalue weighted by Gasteiger charge is 2.45. The van der Waals surface area contributed by atoms with Gasteiger partial charge in [0, 0.05) is 12.2 Å². The van der Waals surface area contributed by atoms with Crippen LogP contribution in [0.3, 0.4) is 0 Å². The van der Waals surface area contributed by atoms with Gasteiger partial charge >= 0.3 is 6.03 Å². The van der Waals surface area contributed by atoms with Crippen LogP contribution in [0, 0.1) is 5.92 Å². The number of carbonyl (C=O) groups excluding carboxylic acids is 2. The third-order valence-electron chi connectivity index (χ3n) is 5.44. The van der Waals surface area contributed by atoms with Crippen molar-refractivity contribution in [2.45, 2.75) is 19.1 Å². The quantitative estimate of drug-likeness (QED) is 0.683. The molecule has 0 aromatic heterocycles. The van der Waals surface area contributed by atoms with Crippen molar-refractivity contribution in [1.82, 2.24) is 4.90 Å². The summed E-state index contributed by atoms with van der Waals surface area (Å²) in [6.07, 6.45) is -0.297. The van der Waals surface area contributed by atoms with Crippen LogP contribution in [0.2, 0.25) is 0 Å². The zero-order valence-electron chi connectivity index (χ0n) is 16.6. The predicted molar refractivity (Wildman–Crippen MR) is 116 cm³/mol. The molecule has 1 heterocycles. The van der Waals surface area contributed by atoms with Crippen LogP contribution in [-0.2, 0) is 17.6 Å². The maximum absolute atomic E-state index is 13.3. The van der Waals surface area contributed by atoms with E-state index >= 15 is 0 Å². The Bertz CT molecular complexity index is 993. The van der Waals surface area contributed by atoms with E-state index in [0.717, 1.165) is 11.1 Å². The number of rotatable bonds is 6. The van der Waals surface area contributed by atoms with Gasteiger partial charge in [-0.1, -0.05) is 78.9 Å². The minimum absolute atomic E-state index is 0.267. The summed E-state index contributed by atoms with van der Waals surface area (Å²) >= 11 is 0. The van der Waals surface area contributed by atoms with Gasteiger partial charge in [-0.2, -0.15) is 0 Å². The number of para-hydroxylation sites is 1. The first kappa shape index (κ1) is 19.9. The zero-order chi connectivity index (χ0) is 20.9. The number of benzene rings is 3. The summed E-state index contributed by atoms with van der Waals surface area (Å²) in [4.78, 5) is 29.1. The van der Waals surface area contributed by atoms with Gasteiger partial charge < -0.3 is 5.11 Å². The fourth-order valence-corrected chi connectivity index (χ4v) is 3.85. The van der Waals surface area contributed by atoms with E-state index < -0.39 is 18.2 Å². The molecule has 3 amide bonds. The first-order chi connectivity index (χ1) is 14.6. The van der Waals surface area contributed by atoms with Crippen molar-refractivity contribution in [3.05, 3.63) is 102 Å². The summed E-state index contributed by atoms with van der Waals surface area (Å²) in [7, 11) is 0. The summed E-state index contributed by atoms with van der Waals surface area (Å²) in [5, 5.41) is 11.0. The van der Waals surface area contributed by atoms with Gasteiger partial charge in [0.25, 0.3) is 0 Å². The van der Waals surface area contributed by atoms with Crippen LogP contribution in [0.4, 0.5) is 10.5 Å². The van der Waals surface area contributed by atoms with Crippen molar-refractivity contribution in [3.8, 4) is 0 Å². The Hall–Kier alpha value is -3.44. The Balaban J connectivity index is 1.64. The van der Waals surface area contributed by atoms with Crippen LogP contribution >= 0.6 is 0 Å². The van der Waals surface area contributed by atoms with E-state index in [0.29, 0.717) is 18.5 Å². The number of aliphatic hydroxyl groups is 1. The van der Waals surface area contributed by atoms with Crippen molar-refractivity contribution in [2.24, 2.45) is 5.92 Å². The maximum atomic E-state index is 13.3. The topological polar surface area (TPSA) is 60.9 Å². The average molecular weight is 400 g/mol. The van der Waals surface area contributed by atoms with Gasteiger partial charge in [-0.15, -0.1) is 0 Å². The third kappa shape index (κ3) is 4.11. The minimum Gasteiger partial charge on any atom is -0.372 e. The summed E-state index contributed by atoms with van der Waals surface area (Å²) in [6, 6.07) is 27.9. The van der Waals surface area contributed by atoms with Gasteiger partial charge in [-0.3, -0.25) is 14.6 Å². The molecule has 0 spiro atoms. The van der Waals surface area contributed by atoms with Crippen LogP contribution in [-0.4, -0.2) is 34.7 Å². The number of aliphatic hydroxyl groups excluding tert-OH is 1. The predicted octanol–water partition coefficient (Wildman–Crippen LogP) is 3.88. The molecule has 0 radical (unpaired) electrons. The number of anilines is 1. The van der Waals surface area contributed by atoms with Gasteiger partial charge in [-0.25, -0.2) is 4.79 Å². The molecule has 5 heteroatoms. The molecule has 1 aliphatic heterocycles. The molecule has 1 fully saturated rings. The Morgan fingerprint density at radius 1 is 0.733 bits per heavy atom. The van der Waals surface area contributed by atoms with E-state index in [1.165, 1.54) is 9.80 Å². The lowest BCUT2D eigenvalue weighted by atomic mass is 9.93. The molecule has 3 aromatic carbocycles. The second-order valence-corrected chi connectivity index (χ2v) is 7.42. The number of carbonyl (C=O) groups is 2. The number of hydrogen-bond acceptors (Lipinski definition) is 3. The number of nitrogens with zero attached hydrogens (tertiary/aromatic N) is 2. The minimum atomic E-state index is -1.22. The van der Waals surface area contributed by atoms with Crippen LogP contribution in [0.15, 0.2) is 91.0 Å². The lowest BCUT2D eigenvalue weighted by Crippen LogP contribution is -2.63. The maximum Gasteiger partial charge on any atom is 0.333 e. The van der Waals surface area contributed by atoms with E-state index in [1.807, 2.05) is 78.9 Å². The fraction of sp³-hybridized carbons (Fsp3) is 0.200. The first-order valence-electron chi connectivity index (χ1n) is 10.1. The van der Waals surface area contributed by atoms with Crippen LogP contribution in [0.25, 0.3) is 0 Å². The molecule has 30 heavy (non-hydrogen) atoms. The SMILES string of the molecule is O=C1C(Cc2ccccc2)C(O)N(c2ccccc2)C(=O)N1CCc1ccccc1. The van der Waals surface area contributed by atoms with Gasteiger partial charge in [0.05, 0.1) is 5.92 Å². The second kappa shape index (κ2) is 8.93. The molecule has 1 aliphatic rings. The summed E-state index contributed by atoms with van der Waals surface area (Å²) in [5.41, 5.74) is 2.57. The van der Waals surface area contributed by atoms with E-state index in [2.05, 4.69) is 0 Å². The number of imide groups is 1. The second-order valence-electron chi connectivity index (χ2n) is 7.42. The summed E-state index contributed by atoms with van der Waals surface area (Å²) in [6.45, 7) is 0.267. The molecular weight excluding hydrogens is 376 g/mol. The van der Waals surface area contributed by atoms with Crippen molar-refractivity contribution in [2.75, 3.05) is 11.4 Å². The normalized spacial score (nSPS) is 19.2. The molecule has 4 rings (SSSR count). The largest absolute Gasteiger partial charge is 0.372 e. The molecule has 1 N–H and O–H groups in total. The molecule has 3 aromatic rings. The molecule has 0 aliphatic carbocycles. The monoisotopic (exact) mass is 400 g/mol. The molecule has 152 valence electrons. The van der Waals surface area contributed by atoms with Crippen LogP contribution in [0.1, 0.15) is 11.1 Å². The standard InChI is InChI=1S/C25H24N2O3/c28-23-22(18-20-12-6-2-7-13-20)24(29)27(21-14-8-3-9-15-21)25(30)26(23)17-16-19-10-4-1-5-11-19/h1-15,22,24,29H,16-18H2. The lowest BCUT2D eigenvalue weighted by Gasteiger charge is -2.42. The van der Waals surface area contributed by atoms with Gasteiger partial charge in [0.2, 0.25) is 5.91 Å². The number of hydrogen-bond donors (Lipinski definition) is 1. The molecule has 1 saturated heterocycles. The molecule has 2 atom stereocenters. The van der Waals surface area contributed by atoms with Gasteiger partial charge in [-0.05, 0) is 36.1 Å². The molecule has 0 bridgehead atoms. The Morgan fingerprint density at radius 2 is 1.27 bits per heavy atom. The smallest absolute Gasteiger partial charge is 0.333 e. The summed E-state index contributed by atoms with van der Waals surface area (Å²) < 4.78 is 0. The van der Waals surface area contributed by atoms with E-state index in [1.54, 1.807) is 12.1 Å². The Kier molecular flexibility index (Phi) is 5.91. The van der Waals surface area contributed by atoms with Crippen LogP contribution in [0.5, 0.6) is 0 Å². The molecular formula is C25H24N2O3. The van der Waals surface area contributed by atoms with E-state index in [9.17, 15) is 14.7 Å². The molecule has 0 saturated carbocycles. The van der Waals surface area contributed by atoms with Crippen molar-refractivity contribution < 1.29 is 14.7 Å². The third-order valence-corrected chi connectivity index (χ3v) is 5.44. The fourth-order valence-electron chi connectivity index (χ4n) is 3.85. The highest BCUT2D eigenvalue weighted by Crippen LogP contribution is 2.30. The van der Waals surface area contributed by atoms with E-state index in [4.69, 9.17) is 0 Å². The van der Waals surface area contributed by atoms with Gasteiger partial charge in [0.15, 0.2) is 0 Å². The average Bonchev–Trinajstić information content (AvgIpc) is 2.79. The van der Waals surface area contributed by atoms with Gasteiger partial charge in [0.1, 0.15) is 6.23 Å².